The number of nitrogens with two attached hydrogens (primary N) is 1. The fourth-order valence-electron chi connectivity index (χ4n) is 3.57. The van der Waals surface area contributed by atoms with E-state index in [1.54, 1.807) is 32.9 Å². The first-order valence-electron chi connectivity index (χ1n) is 12.5. The van der Waals surface area contributed by atoms with Crippen LogP contribution in [-0.4, -0.2) is 58.1 Å². The molecule has 7 N–H and O–H groups in total. The Kier molecular flexibility index (Phi) is 12.4. The summed E-state index contributed by atoms with van der Waals surface area (Å²) in [5.41, 5.74) is 6.74. The zero-order valence-corrected chi connectivity index (χ0v) is 22.1. The van der Waals surface area contributed by atoms with Gasteiger partial charge in [0.15, 0.2) is 0 Å². The number of rotatable bonds is 14. The molecular weight excluding hydrogens is 464 g/mol. The minimum Gasteiger partial charge on any atom is -0.508 e. The van der Waals surface area contributed by atoms with Crippen molar-refractivity contribution in [3.8, 4) is 5.75 Å². The van der Waals surface area contributed by atoms with E-state index in [1.807, 2.05) is 20.8 Å². The van der Waals surface area contributed by atoms with Gasteiger partial charge in [-0.1, -0.05) is 66.5 Å². The maximum atomic E-state index is 13.3. The maximum Gasteiger partial charge on any atom is 0.326 e. The van der Waals surface area contributed by atoms with Crippen LogP contribution in [0.4, 0.5) is 0 Å². The lowest BCUT2D eigenvalue weighted by Gasteiger charge is -2.28. The standard InChI is InChI=1S/C26H42N4O6/c1-7-15(5)20(27)24(33)28-19(13-17-9-11-18(31)12-10-17)23(32)29-21(14(3)4)25(34)30-22(26(35)36)16(6)8-2/h9-12,14-16,19-22,31H,7-8,13,27H2,1-6H3,(H,28,33)(H,29,32)(H,30,34)(H,35,36). The zero-order chi connectivity index (χ0) is 27.6. The van der Waals surface area contributed by atoms with Crippen LogP contribution in [0.5, 0.6) is 5.75 Å². The van der Waals surface area contributed by atoms with Gasteiger partial charge in [0.2, 0.25) is 17.7 Å². The first-order valence-corrected chi connectivity index (χ1v) is 12.5. The van der Waals surface area contributed by atoms with Crippen LogP contribution in [0.1, 0.15) is 59.9 Å². The van der Waals surface area contributed by atoms with Gasteiger partial charge in [-0.2, -0.15) is 0 Å². The number of carbonyl (C=O) groups excluding carboxylic acids is 3. The quantitative estimate of drug-likeness (QED) is 0.222. The summed E-state index contributed by atoms with van der Waals surface area (Å²) in [4.78, 5) is 50.8. The summed E-state index contributed by atoms with van der Waals surface area (Å²) in [6.07, 6.45) is 1.33. The minimum atomic E-state index is -1.15. The molecule has 0 saturated heterocycles. The molecule has 3 amide bonds. The molecule has 0 aliphatic heterocycles. The zero-order valence-electron chi connectivity index (χ0n) is 22.1. The fourth-order valence-corrected chi connectivity index (χ4v) is 3.57. The molecule has 1 aromatic carbocycles. The molecule has 0 bridgehead atoms. The van der Waals surface area contributed by atoms with E-state index >= 15 is 0 Å². The third-order valence-electron chi connectivity index (χ3n) is 6.59. The van der Waals surface area contributed by atoms with Crippen molar-refractivity contribution in [1.29, 1.82) is 0 Å². The Bertz CT molecular complexity index is 889. The molecule has 0 aliphatic carbocycles. The molecule has 0 spiro atoms. The molecule has 202 valence electrons. The monoisotopic (exact) mass is 506 g/mol. The number of carbonyl (C=O) groups is 4. The lowest BCUT2D eigenvalue weighted by atomic mass is 9.96. The van der Waals surface area contributed by atoms with E-state index in [4.69, 9.17) is 5.73 Å². The Balaban J connectivity index is 3.14. The van der Waals surface area contributed by atoms with E-state index in [0.717, 1.165) is 0 Å². The number of carboxylic acids is 1. The van der Waals surface area contributed by atoms with Crippen molar-refractivity contribution in [1.82, 2.24) is 16.0 Å². The molecule has 10 heteroatoms. The second-order valence-corrected chi connectivity index (χ2v) is 9.78. The second-order valence-electron chi connectivity index (χ2n) is 9.78. The smallest absolute Gasteiger partial charge is 0.326 e. The number of aromatic hydroxyl groups is 1. The summed E-state index contributed by atoms with van der Waals surface area (Å²) in [5.74, 6) is -3.56. The molecule has 0 aromatic heterocycles. The Morgan fingerprint density at radius 1 is 0.806 bits per heavy atom. The summed E-state index contributed by atoms with van der Waals surface area (Å²) in [6, 6.07) is 2.23. The van der Waals surface area contributed by atoms with Crippen molar-refractivity contribution >= 4 is 23.7 Å². The van der Waals surface area contributed by atoms with Crippen molar-refractivity contribution in [2.75, 3.05) is 0 Å². The SMILES string of the molecule is CCC(C)C(N)C(=O)NC(Cc1ccc(O)cc1)C(=O)NC(C(=O)NC(C(=O)O)C(C)CC)C(C)C. The summed E-state index contributed by atoms with van der Waals surface area (Å²) >= 11 is 0. The highest BCUT2D eigenvalue weighted by atomic mass is 16.4. The molecule has 6 unspecified atom stereocenters. The fraction of sp³-hybridized carbons (Fsp3) is 0.615. The highest BCUT2D eigenvalue weighted by Crippen LogP contribution is 2.14. The molecule has 0 saturated carbocycles. The predicted molar refractivity (Wildman–Crippen MR) is 137 cm³/mol. The normalized spacial score (nSPS) is 16.2. The molecule has 6 atom stereocenters. The highest BCUT2D eigenvalue weighted by molar-refractivity contribution is 5.94. The number of benzene rings is 1. The van der Waals surface area contributed by atoms with E-state index in [9.17, 15) is 29.4 Å². The van der Waals surface area contributed by atoms with E-state index in [0.29, 0.717) is 18.4 Å². The van der Waals surface area contributed by atoms with Gasteiger partial charge in [-0.25, -0.2) is 4.79 Å². The Labute approximate surface area is 213 Å². The van der Waals surface area contributed by atoms with Gasteiger partial charge in [0.05, 0.1) is 6.04 Å². The largest absolute Gasteiger partial charge is 0.508 e. The molecule has 1 rings (SSSR count). The first-order chi connectivity index (χ1) is 16.8. The molecule has 10 nitrogen and oxygen atoms in total. The van der Waals surface area contributed by atoms with Gasteiger partial charge in [-0.3, -0.25) is 14.4 Å². The van der Waals surface area contributed by atoms with Crippen molar-refractivity contribution in [2.24, 2.45) is 23.5 Å². The van der Waals surface area contributed by atoms with E-state index in [1.165, 1.54) is 12.1 Å². The number of nitrogens with one attached hydrogen (secondary N) is 3. The van der Waals surface area contributed by atoms with Gasteiger partial charge in [0.25, 0.3) is 0 Å². The number of aliphatic carboxylic acids is 1. The molecular formula is C26H42N4O6. The van der Waals surface area contributed by atoms with Crippen LogP contribution in [0.25, 0.3) is 0 Å². The average molecular weight is 507 g/mol. The number of hydrogen-bond acceptors (Lipinski definition) is 6. The van der Waals surface area contributed by atoms with Gasteiger partial charge in [-0.05, 0) is 35.4 Å². The summed E-state index contributed by atoms with van der Waals surface area (Å²) in [5, 5.41) is 27.0. The molecule has 1 aromatic rings. The third-order valence-corrected chi connectivity index (χ3v) is 6.59. The van der Waals surface area contributed by atoms with Gasteiger partial charge < -0.3 is 31.9 Å². The Morgan fingerprint density at radius 3 is 1.81 bits per heavy atom. The van der Waals surface area contributed by atoms with E-state index < -0.39 is 47.9 Å². The Hall–Kier alpha value is -3.14. The third kappa shape index (κ3) is 9.14. The lowest BCUT2D eigenvalue weighted by molar-refractivity contribution is -0.144. The molecule has 0 aliphatic rings. The average Bonchev–Trinajstić information content (AvgIpc) is 2.84. The molecule has 0 radical (unpaired) electrons. The lowest BCUT2D eigenvalue weighted by Crippen LogP contribution is -2.59. The van der Waals surface area contributed by atoms with E-state index in [2.05, 4.69) is 16.0 Å². The second kappa shape index (κ2) is 14.4. The number of phenolic OH excluding ortho intramolecular Hbond substituents is 1. The van der Waals surface area contributed by atoms with Crippen molar-refractivity contribution in [2.45, 2.75) is 85.0 Å². The van der Waals surface area contributed by atoms with Crippen molar-refractivity contribution in [3.05, 3.63) is 29.8 Å². The number of phenols is 1. The van der Waals surface area contributed by atoms with Crippen LogP contribution < -0.4 is 21.7 Å². The van der Waals surface area contributed by atoms with Gasteiger partial charge in [0.1, 0.15) is 23.9 Å². The minimum absolute atomic E-state index is 0.0633. The predicted octanol–water partition coefficient (Wildman–Crippen LogP) is 1.55. The molecule has 36 heavy (non-hydrogen) atoms. The van der Waals surface area contributed by atoms with Crippen LogP contribution in [0.3, 0.4) is 0 Å². The maximum absolute atomic E-state index is 13.3. The van der Waals surface area contributed by atoms with Crippen LogP contribution in [0.2, 0.25) is 0 Å². The van der Waals surface area contributed by atoms with Crippen LogP contribution in [-0.2, 0) is 25.6 Å². The number of carboxylic acid groups (broad SMARTS) is 1. The first kappa shape index (κ1) is 30.9. The van der Waals surface area contributed by atoms with Crippen molar-refractivity contribution in [3.63, 3.8) is 0 Å². The van der Waals surface area contributed by atoms with Crippen LogP contribution in [0, 0.1) is 17.8 Å². The number of hydrogen-bond donors (Lipinski definition) is 6. The van der Waals surface area contributed by atoms with Gasteiger partial charge in [0, 0.05) is 6.42 Å². The summed E-state index contributed by atoms with van der Waals surface area (Å²) in [6.45, 7) is 10.8. The van der Waals surface area contributed by atoms with E-state index in [-0.39, 0.29) is 29.9 Å². The summed E-state index contributed by atoms with van der Waals surface area (Å²) in [7, 11) is 0. The van der Waals surface area contributed by atoms with Gasteiger partial charge >= 0.3 is 5.97 Å². The Morgan fingerprint density at radius 2 is 1.33 bits per heavy atom. The number of amides is 3. The van der Waals surface area contributed by atoms with Gasteiger partial charge in [-0.15, -0.1) is 0 Å². The van der Waals surface area contributed by atoms with Crippen LogP contribution >= 0.6 is 0 Å². The topological polar surface area (TPSA) is 171 Å². The van der Waals surface area contributed by atoms with Crippen molar-refractivity contribution < 1.29 is 29.4 Å². The molecule has 0 heterocycles. The van der Waals surface area contributed by atoms with Crippen LogP contribution in [0.15, 0.2) is 24.3 Å². The summed E-state index contributed by atoms with van der Waals surface area (Å²) < 4.78 is 0. The molecule has 0 fully saturated rings. The highest BCUT2D eigenvalue weighted by Gasteiger charge is 2.33.